The number of rotatable bonds is 6. The van der Waals surface area contributed by atoms with Crippen LogP contribution in [0.3, 0.4) is 0 Å². The van der Waals surface area contributed by atoms with Crippen LogP contribution in [0, 0.1) is 17.7 Å². The maximum atomic E-state index is 14.8. The standard InChI is InChI=1S/C37H43FN8O/c1-22(2)45-21-41-32-17-31(43-35(34(32)45)42-30-8-11-40-18-29(30)38)23-6-7-28-33(14-23)46(36(47)37(28)9-12-39-13-10-37)27-15-26(16-27)44-19-24-4-3-5-25(24)20-44/h6-8,11,14,17-18,21-22,24-27,39H,3-5,9-10,12-13,15-16,19-20H2,1-2H3,(H,40,42,43)/t24-,25+,26?,27?. The molecule has 9 nitrogen and oxygen atoms in total. The summed E-state index contributed by atoms with van der Waals surface area (Å²) in [6.07, 6.45) is 12.5. The van der Waals surface area contributed by atoms with Gasteiger partial charge in [-0.15, -0.1) is 0 Å². The third-order valence-electron chi connectivity index (χ3n) is 12.0. The highest BCUT2D eigenvalue weighted by atomic mass is 19.1. The van der Waals surface area contributed by atoms with Crippen molar-refractivity contribution in [2.75, 3.05) is 36.4 Å². The van der Waals surface area contributed by atoms with E-state index in [4.69, 9.17) is 9.97 Å². The Bertz CT molecular complexity index is 1850. The summed E-state index contributed by atoms with van der Waals surface area (Å²) in [4.78, 5) is 33.2. The van der Waals surface area contributed by atoms with E-state index < -0.39 is 11.2 Å². The number of carbonyl (C=O) groups excluding carboxylic acids is 1. The molecule has 0 unspecified atom stereocenters. The van der Waals surface area contributed by atoms with Crippen LogP contribution in [0.25, 0.3) is 22.3 Å². The molecule has 3 aliphatic heterocycles. The zero-order valence-electron chi connectivity index (χ0n) is 27.3. The monoisotopic (exact) mass is 634 g/mol. The van der Waals surface area contributed by atoms with Gasteiger partial charge in [0.25, 0.3) is 0 Å². The Morgan fingerprint density at radius 3 is 2.57 bits per heavy atom. The molecule has 9 rings (SSSR count). The van der Waals surface area contributed by atoms with E-state index >= 15 is 0 Å². The number of imidazole rings is 1. The molecule has 0 bridgehead atoms. The van der Waals surface area contributed by atoms with Crippen LogP contribution in [0.2, 0.25) is 0 Å². The average molecular weight is 635 g/mol. The topological polar surface area (TPSA) is 91.2 Å². The van der Waals surface area contributed by atoms with Crippen molar-refractivity contribution in [1.82, 2.24) is 29.7 Å². The summed E-state index contributed by atoms with van der Waals surface area (Å²) in [5.41, 5.74) is 5.31. The second-order valence-corrected chi connectivity index (χ2v) is 14.9. The number of hydrogen-bond donors (Lipinski definition) is 2. The van der Waals surface area contributed by atoms with E-state index in [-0.39, 0.29) is 18.0 Å². The number of amides is 1. The molecule has 6 heterocycles. The first-order valence-corrected chi connectivity index (χ1v) is 17.6. The highest BCUT2D eigenvalue weighted by molar-refractivity contribution is 6.09. The van der Waals surface area contributed by atoms with Crippen molar-refractivity contribution in [3.05, 3.63) is 60.4 Å². The van der Waals surface area contributed by atoms with Gasteiger partial charge >= 0.3 is 0 Å². The molecule has 2 aliphatic carbocycles. The molecule has 1 amide bonds. The first kappa shape index (κ1) is 29.3. The van der Waals surface area contributed by atoms with E-state index in [9.17, 15) is 9.18 Å². The summed E-state index contributed by atoms with van der Waals surface area (Å²) in [6, 6.07) is 11.0. The molecule has 2 saturated carbocycles. The lowest BCUT2D eigenvalue weighted by Crippen LogP contribution is -2.57. The fraction of sp³-hybridized carbons (Fsp3) is 0.514. The van der Waals surface area contributed by atoms with E-state index in [0.717, 1.165) is 84.2 Å². The van der Waals surface area contributed by atoms with Crippen LogP contribution in [0.4, 0.5) is 21.6 Å². The number of benzene rings is 1. The lowest BCUT2D eigenvalue weighted by molar-refractivity contribution is -0.125. The second-order valence-electron chi connectivity index (χ2n) is 14.9. The molecule has 2 atom stereocenters. The Labute approximate surface area is 275 Å². The lowest BCUT2D eigenvalue weighted by Gasteiger charge is -2.46. The average Bonchev–Trinajstić information content (AvgIpc) is 3.82. The highest BCUT2D eigenvalue weighted by Gasteiger charge is 2.55. The summed E-state index contributed by atoms with van der Waals surface area (Å²) in [5, 5.41) is 6.72. The van der Waals surface area contributed by atoms with E-state index in [1.807, 2.05) is 12.4 Å². The van der Waals surface area contributed by atoms with Gasteiger partial charge < -0.3 is 20.1 Å². The van der Waals surface area contributed by atoms with Crippen molar-refractivity contribution in [3.8, 4) is 11.3 Å². The maximum Gasteiger partial charge on any atom is 0.238 e. The van der Waals surface area contributed by atoms with Crippen LogP contribution in [0.5, 0.6) is 0 Å². The number of carbonyl (C=O) groups is 1. The zero-order chi connectivity index (χ0) is 31.9. The SMILES string of the molecule is CC(C)n1cnc2cc(-c3ccc4c(c3)N(C3CC(N5C[C@H]6CCC[C@H]6C5)C3)C(=O)C43CCNCC3)nc(Nc3ccncc3F)c21. The first-order valence-electron chi connectivity index (χ1n) is 17.6. The number of pyridine rings is 2. The van der Waals surface area contributed by atoms with Crippen LogP contribution in [-0.2, 0) is 10.2 Å². The van der Waals surface area contributed by atoms with Gasteiger partial charge in [-0.1, -0.05) is 18.6 Å². The van der Waals surface area contributed by atoms with Crippen molar-refractivity contribution in [1.29, 1.82) is 0 Å². The number of piperidine rings is 1. The summed E-state index contributed by atoms with van der Waals surface area (Å²) in [7, 11) is 0. The second kappa shape index (κ2) is 11.1. The van der Waals surface area contributed by atoms with Crippen LogP contribution in [0.15, 0.2) is 49.1 Å². The van der Waals surface area contributed by atoms with Gasteiger partial charge in [-0.3, -0.25) is 14.7 Å². The summed E-state index contributed by atoms with van der Waals surface area (Å²) >= 11 is 0. The smallest absolute Gasteiger partial charge is 0.238 e. The molecule has 2 saturated heterocycles. The molecule has 2 N–H and O–H groups in total. The number of nitrogens with one attached hydrogen (secondary N) is 2. The predicted molar refractivity (Wildman–Crippen MR) is 181 cm³/mol. The van der Waals surface area contributed by atoms with E-state index in [0.29, 0.717) is 17.5 Å². The molecule has 1 aromatic carbocycles. The van der Waals surface area contributed by atoms with Crippen LogP contribution in [-0.4, -0.2) is 68.6 Å². The van der Waals surface area contributed by atoms with Crippen LogP contribution >= 0.6 is 0 Å². The van der Waals surface area contributed by atoms with Crippen LogP contribution < -0.4 is 15.5 Å². The molecular weight excluding hydrogens is 591 g/mol. The van der Waals surface area contributed by atoms with Gasteiger partial charge in [-0.05, 0) is 101 Å². The van der Waals surface area contributed by atoms with Crippen molar-refractivity contribution >= 4 is 34.1 Å². The van der Waals surface area contributed by atoms with E-state index in [1.165, 1.54) is 38.5 Å². The number of aromatic nitrogens is 4. The minimum atomic E-state index is -0.464. The van der Waals surface area contributed by atoms with Gasteiger partial charge in [0.2, 0.25) is 5.91 Å². The van der Waals surface area contributed by atoms with Crippen molar-refractivity contribution in [2.45, 2.75) is 82.3 Å². The fourth-order valence-corrected chi connectivity index (χ4v) is 9.38. The van der Waals surface area contributed by atoms with Gasteiger partial charge in [0.15, 0.2) is 11.6 Å². The quantitative estimate of drug-likeness (QED) is 0.262. The number of halogens is 1. The minimum Gasteiger partial charge on any atom is -0.336 e. The molecular formula is C37H43FN8O. The van der Waals surface area contributed by atoms with Crippen molar-refractivity contribution < 1.29 is 9.18 Å². The molecule has 5 aliphatic rings. The Kier molecular flexibility index (Phi) is 6.90. The number of fused-ring (bicyclic) bond motifs is 4. The van der Waals surface area contributed by atoms with Crippen molar-refractivity contribution in [3.63, 3.8) is 0 Å². The summed E-state index contributed by atoms with van der Waals surface area (Å²) in [5.74, 6) is 2.14. The molecule has 3 aromatic heterocycles. The molecule has 0 radical (unpaired) electrons. The van der Waals surface area contributed by atoms with Crippen LogP contribution in [0.1, 0.15) is 70.4 Å². The Morgan fingerprint density at radius 2 is 1.83 bits per heavy atom. The van der Waals surface area contributed by atoms with Gasteiger partial charge in [0, 0.05) is 48.7 Å². The molecule has 1 spiro atoms. The highest BCUT2D eigenvalue weighted by Crippen LogP contribution is 2.52. The van der Waals surface area contributed by atoms with Gasteiger partial charge in [-0.25, -0.2) is 14.4 Å². The molecule has 4 fully saturated rings. The van der Waals surface area contributed by atoms with Gasteiger partial charge in [0.1, 0.15) is 5.52 Å². The first-order chi connectivity index (χ1) is 22.9. The molecule has 244 valence electrons. The molecule has 10 heteroatoms. The largest absolute Gasteiger partial charge is 0.336 e. The van der Waals surface area contributed by atoms with E-state index in [1.54, 1.807) is 12.3 Å². The van der Waals surface area contributed by atoms with E-state index in [2.05, 4.69) is 62.0 Å². The van der Waals surface area contributed by atoms with Gasteiger partial charge in [0.05, 0.1) is 34.8 Å². The van der Waals surface area contributed by atoms with Gasteiger partial charge in [-0.2, -0.15) is 0 Å². The number of anilines is 3. The zero-order valence-corrected chi connectivity index (χ0v) is 27.3. The van der Waals surface area contributed by atoms with Crippen molar-refractivity contribution in [2.24, 2.45) is 11.8 Å². The Morgan fingerprint density at radius 1 is 1.04 bits per heavy atom. The minimum absolute atomic E-state index is 0.141. The lowest BCUT2D eigenvalue weighted by atomic mass is 9.74. The Hall–Kier alpha value is -3.89. The molecule has 4 aromatic rings. The summed E-state index contributed by atoms with van der Waals surface area (Å²) in [6.45, 7) is 8.37. The fourth-order valence-electron chi connectivity index (χ4n) is 9.38. The third kappa shape index (κ3) is 4.62. The maximum absolute atomic E-state index is 14.8. The normalized spacial score (nSPS) is 26.7. The predicted octanol–water partition coefficient (Wildman–Crippen LogP) is 6.19. The summed E-state index contributed by atoms with van der Waals surface area (Å²) < 4.78 is 16.8. The Balaban J connectivity index is 1.09. The number of hydrogen-bond acceptors (Lipinski definition) is 7. The number of likely N-dealkylation sites (tertiary alicyclic amines) is 1. The number of nitrogens with zero attached hydrogens (tertiary/aromatic N) is 6. The third-order valence-corrected chi connectivity index (χ3v) is 12.0. The molecule has 47 heavy (non-hydrogen) atoms.